The molecule has 0 aliphatic heterocycles. The standard InChI is InChI=1S/C13H14F2N4/c1-8(9-4-3-5-10(14)6-9)18-12-11(15)7-17-13(16-2)19-12/h3-8H,1-2H3,(H2,16,17,18,19). The molecule has 0 bridgehead atoms. The Hall–Kier alpha value is -2.24. The molecule has 2 aromatic rings. The van der Waals surface area contributed by atoms with E-state index in [1.54, 1.807) is 26.1 Å². The van der Waals surface area contributed by atoms with Crippen molar-refractivity contribution in [3.05, 3.63) is 47.7 Å². The van der Waals surface area contributed by atoms with Gasteiger partial charge >= 0.3 is 0 Å². The lowest BCUT2D eigenvalue weighted by molar-refractivity contribution is 0.612. The van der Waals surface area contributed by atoms with Gasteiger partial charge in [-0.15, -0.1) is 0 Å². The molecule has 0 saturated heterocycles. The Kier molecular flexibility index (Phi) is 3.89. The zero-order valence-corrected chi connectivity index (χ0v) is 10.6. The largest absolute Gasteiger partial charge is 0.361 e. The van der Waals surface area contributed by atoms with E-state index in [4.69, 9.17) is 0 Å². The summed E-state index contributed by atoms with van der Waals surface area (Å²) in [6.07, 6.45) is 1.08. The Morgan fingerprint density at radius 3 is 2.74 bits per heavy atom. The molecule has 1 unspecified atom stereocenters. The lowest BCUT2D eigenvalue weighted by atomic mass is 10.1. The molecular weight excluding hydrogens is 250 g/mol. The Labute approximate surface area is 109 Å². The van der Waals surface area contributed by atoms with E-state index in [1.807, 2.05) is 0 Å². The summed E-state index contributed by atoms with van der Waals surface area (Å²) in [4.78, 5) is 7.73. The SMILES string of the molecule is CNc1ncc(F)c(NC(C)c2cccc(F)c2)n1. The van der Waals surface area contributed by atoms with E-state index in [9.17, 15) is 8.78 Å². The topological polar surface area (TPSA) is 49.8 Å². The van der Waals surface area contributed by atoms with Gasteiger partial charge in [0.15, 0.2) is 11.6 Å². The van der Waals surface area contributed by atoms with Crippen LogP contribution in [0.3, 0.4) is 0 Å². The number of anilines is 2. The highest BCUT2D eigenvalue weighted by Gasteiger charge is 2.11. The fourth-order valence-electron chi connectivity index (χ4n) is 1.65. The minimum absolute atomic E-state index is 0.0797. The quantitative estimate of drug-likeness (QED) is 0.891. The molecular formula is C13H14F2N4. The molecule has 0 amide bonds. The van der Waals surface area contributed by atoms with E-state index in [0.29, 0.717) is 11.5 Å². The summed E-state index contributed by atoms with van der Waals surface area (Å²) in [5.41, 5.74) is 0.712. The molecule has 4 nitrogen and oxygen atoms in total. The highest BCUT2D eigenvalue weighted by Crippen LogP contribution is 2.20. The Balaban J connectivity index is 2.21. The normalized spacial score (nSPS) is 12.0. The lowest BCUT2D eigenvalue weighted by Crippen LogP contribution is -2.11. The van der Waals surface area contributed by atoms with E-state index in [1.165, 1.54) is 12.1 Å². The second-order valence-electron chi connectivity index (χ2n) is 4.06. The fraction of sp³-hybridized carbons (Fsp3) is 0.231. The summed E-state index contributed by atoms with van der Waals surface area (Å²) in [5, 5.41) is 5.62. The van der Waals surface area contributed by atoms with Crippen molar-refractivity contribution in [1.82, 2.24) is 9.97 Å². The average Bonchev–Trinajstić information content (AvgIpc) is 2.41. The van der Waals surface area contributed by atoms with Crippen LogP contribution in [0.4, 0.5) is 20.5 Å². The average molecular weight is 264 g/mol. The third-order valence-electron chi connectivity index (χ3n) is 2.67. The predicted molar refractivity (Wildman–Crippen MR) is 70.0 cm³/mol. The van der Waals surface area contributed by atoms with Crippen molar-refractivity contribution >= 4 is 11.8 Å². The van der Waals surface area contributed by atoms with Crippen molar-refractivity contribution in [2.24, 2.45) is 0 Å². The summed E-state index contributed by atoms with van der Waals surface area (Å²) in [6.45, 7) is 1.80. The van der Waals surface area contributed by atoms with Gasteiger partial charge in [-0.1, -0.05) is 12.1 Å². The number of benzene rings is 1. The van der Waals surface area contributed by atoms with Crippen molar-refractivity contribution in [1.29, 1.82) is 0 Å². The van der Waals surface area contributed by atoms with Crippen LogP contribution in [0.15, 0.2) is 30.5 Å². The number of nitrogens with one attached hydrogen (secondary N) is 2. The van der Waals surface area contributed by atoms with Crippen molar-refractivity contribution in [2.75, 3.05) is 17.7 Å². The smallest absolute Gasteiger partial charge is 0.224 e. The second kappa shape index (κ2) is 5.60. The number of nitrogens with zero attached hydrogens (tertiary/aromatic N) is 2. The summed E-state index contributed by atoms with van der Waals surface area (Å²) in [7, 11) is 1.65. The van der Waals surface area contributed by atoms with Crippen LogP contribution in [0.2, 0.25) is 0 Å². The van der Waals surface area contributed by atoms with Gasteiger partial charge in [-0.3, -0.25) is 0 Å². The zero-order chi connectivity index (χ0) is 13.8. The molecule has 1 aromatic carbocycles. The van der Waals surface area contributed by atoms with Crippen LogP contribution in [-0.4, -0.2) is 17.0 Å². The number of halogens is 2. The van der Waals surface area contributed by atoms with E-state index >= 15 is 0 Å². The maximum atomic E-state index is 13.6. The first-order chi connectivity index (χ1) is 9.10. The second-order valence-corrected chi connectivity index (χ2v) is 4.06. The molecule has 6 heteroatoms. The Morgan fingerprint density at radius 1 is 1.26 bits per heavy atom. The summed E-state index contributed by atoms with van der Waals surface area (Å²) in [6, 6.07) is 5.86. The molecule has 0 spiro atoms. The number of hydrogen-bond donors (Lipinski definition) is 2. The van der Waals surface area contributed by atoms with Gasteiger partial charge in [0.2, 0.25) is 5.95 Å². The van der Waals surface area contributed by atoms with Crippen molar-refractivity contribution in [3.8, 4) is 0 Å². The van der Waals surface area contributed by atoms with Gasteiger partial charge in [-0.25, -0.2) is 13.8 Å². The van der Waals surface area contributed by atoms with E-state index < -0.39 is 5.82 Å². The molecule has 0 aliphatic carbocycles. The summed E-state index contributed by atoms with van der Waals surface area (Å²) >= 11 is 0. The number of aromatic nitrogens is 2. The number of rotatable bonds is 4. The molecule has 1 aromatic heterocycles. The molecule has 1 heterocycles. The van der Waals surface area contributed by atoms with Crippen LogP contribution in [0.5, 0.6) is 0 Å². The molecule has 2 N–H and O–H groups in total. The minimum Gasteiger partial charge on any atom is -0.361 e. The summed E-state index contributed by atoms with van der Waals surface area (Å²) < 4.78 is 26.7. The third kappa shape index (κ3) is 3.15. The van der Waals surface area contributed by atoms with Gasteiger partial charge in [-0.05, 0) is 24.6 Å². The minimum atomic E-state index is -0.553. The van der Waals surface area contributed by atoms with Crippen LogP contribution in [0.25, 0.3) is 0 Å². The maximum absolute atomic E-state index is 13.6. The molecule has 19 heavy (non-hydrogen) atoms. The fourth-order valence-corrected chi connectivity index (χ4v) is 1.65. The maximum Gasteiger partial charge on any atom is 0.224 e. The van der Waals surface area contributed by atoms with Crippen LogP contribution in [-0.2, 0) is 0 Å². The van der Waals surface area contributed by atoms with Gasteiger partial charge < -0.3 is 10.6 Å². The van der Waals surface area contributed by atoms with Gasteiger partial charge in [0.1, 0.15) is 5.82 Å². The van der Waals surface area contributed by atoms with Crippen LogP contribution in [0.1, 0.15) is 18.5 Å². The molecule has 2 rings (SSSR count). The van der Waals surface area contributed by atoms with Crippen molar-refractivity contribution in [3.63, 3.8) is 0 Å². The molecule has 0 fully saturated rings. The van der Waals surface area contributed by atoms with Crippen LogP contribution in [0, 0.1) is 11.6 Å². The van der Waals surface area contributed by atoms with Gasteiger partial charge in [0.25, 0.3) is 0 Å². The summed E-state index contributed by atoms with van der Waals surface area (Å²) in [5.74, 6) is -0.487. The van der Waals surface area contributed by atoms with E-state index in [2.05, 4.69) is 20.6 Å². The highest BCUT2D eigenvalue weighted by molar-refractivity contribution is 5.43. The molecule has 0 saturated carbocycles. The zero-order valence-electron chi connectivity index (χ0n) is 10.6. The van der Waals surface area contributed by atoms with Crippen LogP contribution < -0.4 is 10.6 Å². The molecule has 0 aliphatic rings. The Morgan fingerprint density at radius 2 is 2.05 bits per heavy atom. The van der Waals surface area contributed by atoms with Gasteiger partial charge in [0.05, 0.1) is 12.2 Å². The highest BCUT2D eigenvalue weighted by atomic mass is 19.1. The third-order valence-corrected chi connectivity index (χ3v) is 2.67. The first-order valence-corrected chi connectivity index (χ1v) is 5.82. The molecule has 100 valence electrons. The predicted octanol–water partition coefficient (Wildman–Crippen LogP) is 2.97. The first kappa shape index (κ1) is 13.2. The van der Waals surface area contributed by atoms with Gasteiger partial charge in [0, 0.05) is 7.05 Å². The van der Waals surface area contributed by atoms with Gasteiger partial charge in [-0.2, -0.15) is 4.98 Å². The lowest BCUT2D eigenvalue weighted by Gasteiger charge is -2.15. The van der Waals surface area contributed by atoms with Crippen LogP contribution >= 0.6 is 0 Å². The van der Waals surface area contributed by atoms with E-state index in [0.717, 1.165) is 6.20 Å². The van der Waals surface area contributed by atoms with Crippen molar-refractivity contribution in [2.45, 2.75) is 13.0 Å². The van der Waals surface area contributed by atoms with Crippen molar-refractivity contribution < 1.29 is 8.78 Å². The molecule has 1 atom stereocenters. The number of hydrogen-bond acceptors (Lipinski definition) is 4. The van der Waals surface area contributed by atoms with E-state index in [-0.39, 0.29) is 17.7 Å². The molecule has 0 radical (unpaired) electrons. The monoisotopic (exact) mass is 264 g/mol. The first-order valence-electron chi connectivity index (χ1n) is 5.82. The Bertz CT molecular complexity index is 574.